The molecule has 0 spiro atoms. The van der Waals surface area contributed by atoms with Crippen LogP contribution in [0.1, 0.15) is 36.5 Å². The highest BCUT2D eigenvalue weighted by atomic mass is 16.5. The van der Waals surface area contributed by atoms with Crippen LogP contribution in [0.2, 0.25) is 0 Å². The van der Waals surface area contributed by atoms with E-state index in [1.165, 1.54) is 0 Å². The quantitative estimate of drug-likeness (QED) is 0.902. The van der Waals surface area contributed by atoms with Gasteiger partial charge in [-0.25, -0.2) is 0 Å². The highest BCUT2D eigenvalue weighted by molar-refractivity contribution is 5.95. The van der Waals surface area contributed by atoms with Gasteiger partial charge in [-0.1, -0.05) is 0 Å². The topological polar surface area (TPSA) is 64.8 Å². The largest absolute Gasteiger partial charge is 0.493 e. The van der Waals surface area contributed by atoms with Crippen LogP contribution >= 0.6 is 0 Å². The SMILES string of the molecule is CCOc1ccc(C(=O)N2CCCCC2CN)cc1OC. The zero-order valence-electron chi connectivity index (χ0n) is 12.8. The number of rotatable bonds is 5. The summed E-state index contributed by atoms with van der Waals surface area (Å²) in [6.45, 7) is 3.76. The Balaban J connectivity index is 2.22. The Hall–Kier alpha value is -1.75. The lowest BCUT2D eigenvalue weighted by molar-refractivity contribution is 0.0623. The molecule has 0 aliphatic carbocycles. The first-order valence-corrected chi connectivity index (χ1v) is 7.53. The molecule has 1 amide bonds. The summed E-state index contributed by atoms with van der Waals surface area (Å²) in [4.78, 5) is 14.6. The monoisotopic (exact) mass is 292 g/mol. The summed E-state index contributed by atoms with van der Waals surface area (Å²) < 4.78 is 10.8. The van der Waals surface area contributed by atoms with Gasteiger partial charge >= 0.3 is 0 Å². The number of carbonyl (C=O) groups is 1. The molecule has 1 aliphatic heterocycles. The third-order valence-electron chi connectivity index (χ3n) is 3.87. The molecule has 0 saturated carbocycles. The first-order chi connectivity index (χ1) is 10.2. The molecule has 1 fully saturated rings. The van der Waals surface area contributed by atoms with Crippen molar-refractivity contribution in [3.8, 4) is 11.5 Å². The van der Waals surface area contributed by atoms with Crippen molar-refractivity contribution in [2.45, 2.75) is 32.2 Å². The molecule has 116 valence electrons. The van der Waals surface area contributed by atoms with Crippen molar-refractivity contribution in [1.82, 2.24) is 4.90 Å². The Kier molecular flexibility index (Phi) is 5.44. The summed E-state index contributed by atoms with van der Waals surface area (Å²) in [7, 11) is 1.58. The minimum absolute atomic E-state index is 0.0199. The molecule has 1 aromatic rings. The normalized spacial score (nSPS) is 18.4. The van der Waals surface area contributed by atoms with Gasteiger partial charge in [0.05, 0.1) is 13.7 Å². The second-order valence-corrected chi connectivity index (χ2v) is 5.18. The Bertz CT molecular complexity index is 490. The zero-order chi connectivity index (χ0) is 15.2. The van der Waals surface area contributed by atoms with Crippen molar-refractivity contribution >= 4 is 5.91 Å². The van der Waals surface area contributed by atoms with E-state index in [4.69, 9.17) is 15.2 Å². The highest BCUT2D eigenvalue weighted by Crippen LogP contribution is 2.29. The number of methoxy groups -OCH3 is 1. The van der Waals surface area contributed by atoms with E-state index in [2.05, 4.69) is 0 Å². The molecular weight excluding hydrogens is 268 g/mol. The van der Waals surface area contributed by atoms with Crippen LogP contribution in [0, 0.1) is 0 Å². The molecule has 5 nitrogen and oxygen atoms in total. The average molecular weight is 292 g/mol. The summed E-state index contributed by atoms with van der Waals surface area (Å²) in [6.07, 6.45) is 3.16. The van der Waals surface area contributed by atoms with E-state index in [-0.39, 0.29) is 11.9 Å². The zero-order valence-corrected chi connectivity index (χ0v) is 12.8. The molecule has 1 aliphatic rings. The van der Waals surface area contributed by atoms with Gasteiger partial charge in [-0.2, -0.15) is 0 Å². The minimum Gasteiger partial charge on any atom is -0.493 e. The van der Waals surface area contributed by atoms with Crippen LogP contribution in [-0.4, -0.2) is 43.7 Å². The minimum atomic E-state index is 0.0199. The van der Waals surface area contributed by atoms with E-state index in [0.717, 1.165) is 25.8 Å². The molecule has 0 radical (unpaired) electrons. The number of benzene rings is 1. The van der Waals surface area contributed by atoms with E-state index < -0.39 is 0 Å². The van der Waals surface area contributed by atoms with Gasteiger partial charge in [0.25, 0.3) is 5.91 Å². The van der Waals surface area contributed by atoms with Crippen LogP contribution in [-0.2, 0) is 0 Å². The van der Waals surface area contributed by atoms with Gasteiger partial charge in [0.1, 0.15) is 0 Å². The van der Waals surface area contributed by atoms with Crippen molar-refractivity contribution in [2.75, 3.05) is 26.8 Å². The van der Waals surface area contributed by atoms with Crippen molar-refractivity contribution in [1.29, 1.82) is 0 Å². The highest BCUT2D eigenvalue weighted by Gasteiger charge is 2.26. The summed E-state index contributed by atoms with van der Waals surface area (Å²) in [5.41, 5.74) is 6.41. The number of hydrogen-bond donors (Lipinski definition) is 1. The fourth-order valence-corrected chi connectivity index (χ4v) is 2.75. The van der Waals surface area contributed by atoms with Crippen LogP contribution in [0.25, 0.3) is 0 Å². The maximum absolute atomic E-state index is 12.7. The van der Waals surface area contributed by atoms with Crippen LogP contribution < -0.4 is 15.2 Å². The number of piperidine rings is 1. The lowest BCUT2D eigenvalue weighted by atomic mass is 10.0. The number of hydrogen-bond acceptors (Lipinski definition) is 4. The van der Waals surface area contributed by atoms with E-state index in [1.54, 1.807) is 25.3 Å². The third kappa shape index (κ3) is 3.47. The molecular formula is C16H24N2O3. The maximum Gasteiger partial charge on any atom is 0.254 e. The van der Waals surface area contributed by atoms with Crippen LogP contribution in [0.5, 0.6) is 11.5 Å². The Morgan fingerprint density at radius 2 is 2.19 bits per heavy atom. The van der Waals surface area contributed by atoms with Crippen molar-refractivity contribution < 1.29 is 14.3 Å². The molecule has 1 heterocycles. The van der Waals surface area contributed by atoms with Crippen molar-refractivity contribution in [2.24, 2.45) is 5.73 Å². The fourth-order valence-electron chi connectivity index (χ4n) is 2.75. The molecule has 2 N–H and O–H groups in total. The molecule has 0 bridgehead atoms. The standard InChI is InChI=1S/C16H24N2O3/c1-3-21-14-8-7-12(10-15(14)20-2)16(19)18-9-5-4-6-13(18)11-17/h7-8,10,13H,3-6,9,11,17H2,1-2H3. The molecule has 1 atom stereocenters. The number of likely N-dealkylation sites (tertiary alicyclic amines) is 1. The molecule has 1 aromatic carbocycles. The van der Waals surface area contributed by atoms with Gasteiger partial charge in [0, 0.05) is 24.7 Å². The van der Waals surface area contributed by atoms with Crippen molar-refractivity contribution in [3.63, 3.8) is 0 Å². The predicted octanol–water partition coefficient (Wildman–Crippen LogP) is 2.05. The van der Waals surface area contributed by atoms with E-state index in [1.807, 2.05) is 11.8 Å². The smallest absolute Gasteiger partial charge is 0.254 e. The van der Waals surface area contributed by atoms with E-state index in [0.29, 0.717) is 30.2 Å². The molecule has 5 heteroatoms. The second-order valence-electron chi connectivity index (χ2n) is 5.18. The average Bonchev–Trinajstić information content (AvgIpc) is 2.54. The lowest BCUT2D eigenvalue weighted by Gasteiger charge is -2.35. The fraction of sp³-hybridized carbons (Fsp3) is 0.562. The van der Waals surface area contributed by atoms with Crippen LogP contribution in [0.3, 0.4) is 0 Å². The molecule has 21 heavy (non-hydrogen) atoms. The van der Waals surface area contributed by atoms with Crippen LogP contribution in [0.15, 0.2) is 18.2 Å². The van der Waals surface area contributed by atoms with E-state index >= 15 is 0 Å². The molecule has 0 aromatic heterocycles. The summed E-state index contributed by atoms with van der Waals surface area (Å²) in [5, 5.41) is 0. The Labute approximate surface area is 126 Å². The number of ether oxygens (including phenoxy) is 2. The van der Waals surface area contributed by atoms with Gasteiger partial charge in [-0.15, -0.1) is 0 Å². The first-order valence-electron chi connectivity index (χ1n) is 7.53. The Morgan fingerprint density at radius 1 is 1.38 bits per heavy atom. The second kappa shape index (κ2) is 7.31. The predicted molar refractivity (Wildman–Crippen MR) is 81.9 cm³/mol. The summed E-state index contributed by atoms with van der Waals surface area (Å²) in [6, 6.07) is 5.47. The number of nitrogens with two attached hydrogens (primary N) is 1. The molecule has 1 saturated heterocycles. The number of nitrogens with zero attached hydrogens (tertiary/aromatic N) is 1. The van der Waals surface area contributed by atoms with Gasteiger partial charge < -0.3 is 20.1 Å². The number of carbonyl (C=O) groups excluding carboxylic acids is 1. The Morgan fingerprint density at radius 3 is 2.86 bits per heavy atom. The molecule has 2 rings (SSSR count). The van der Waals surface area contributed by atoms with Gasteiger partial charge in [0.2, 0.25) is 0 Å². The summed E-state index contributed by atoms with van der Waals surface area (Å²) in [5.74, 6) is 1.26. The van der Waals surface area contributed by atoms with Crippen LogP contribution in [0.4, 0.5) is 0 Å². The van der Waals surface area contributed by atoms with Gasteiger partial charge in [-0.3, -0.25) is 4.79 Å². The third-order valence-corrected chi connectivity index (χ3v) is 3.87. The van der Waals surface area contributed by atoms with Crippen molar-refractivity contribution in [3.05, 3.63) is 23.8 Å². The van der Waals surface area contributed by atoms with Gasteiger partial charge in [0.15, 0.2) is 11.5 Å². The first kappa shape index (κ1) is 15.6. The van der Waals surface area contributed by atoms with Gasteiger partial charge in [-0.05, 0) is 44.4 Å². The summed E-state index contributed by atoms with van der Waals surface area (Å²) >= 11 is 0. The maximum atomic E-state index is 12.7. The molecule has 1 unspecified atom stereocenters. The van der Waals surface area contributed by atoms with E-state index in [9.17, 15) is 4.79 Å². The number of amides is 1. The lowest BCUT2D eigenvalue weighted by Crippen LogP contribution is -2.47.